The van der Waals surface area contributed by atoms with Crippen molar-refractivity contribution in [3.8, 4) is 11.1 Å². The quantitative estimate of drug-likeness (QED) is 0.787. The zero-order valence-corrected chi connectivity index (χ0v) is 13.5. The molecule has 0 saturated carbocycles. The molecule has 0 aliphatic carbocycles. The number of hydrogen-bond acceptors (Lipinski definition) is 4. The van der Waals surface area contributed by atoms with Gasteiger partial charge in [-0.05, 0) is 17.7 Å². The Labute approximate surface area is 136 Å². The molecule has 3 rings (SSSR count). The molecular weight excluding hydrogens is 288 g/mol. The largest absolute Gasteiger partial charge is 0.497 e. The van der Waals surface area contributed by atoms with Crippen LogP contribution in [0, 0.1) is 0 Å². The number of fused-ring (bicyclic) bond motifs is 3. The Morgan fingerprint density at radius 1 is 1.17 bits per heavy atom. The van der Waals surface area contributed by atoms with E-state index in [9.17, 15) is 0 Å². The van der Waals surface area contributed by atoms with E-state index in [1.807, 2.05) is 24.5 Å². The summed E-state index contributed by atoms with van der Waals surface area (Å²) in [6.07, 6.45) is 3.67. The van der Waals surface area contributed by atoms with Gasteiger partial charge in [-0.25, -0.2) is 0 Å². The highest BCUT2D eigenvalue weighted by Gasteiger charge is 2.25. The predicted molar refractivity (Wildman–Crippen MR) is 94.0 cm³/mol. The van der Waals surface area contributed by atoms with Crippen LogP contribution in [0.25, 0.3) is 22.6 Å². The number of aromatic nitrogens is 1. The number of ether oxygens (including phenoxy) is 2. The van der Waals surface area contributed by atoms with Crippen LogP contribution in [0.5, 0.6) is 0 Å². The Morgan fingerprint density at radius 2 is 2.00 bits per heavy atom. The van der Waals surface area contributed by atoms with Crippen molar-refractivity contribution >= 4 is 17.1 Å². The van der Waals surface area contributed by atoms with Crippen LogP contribution in [0.15, 0.2) is 49.8 Å². The summed E-state index contributed by atoms with van der Waals surface area (Å²) in [5.74, 6) is 0.644. The molecule has 118 valence electrons. The van der Waals surface area contributed by atoms with E-state index in [2.05, 4.69) is 35.2 Å². The number of rotatable bonds is 5. The third kappa shape index (κ3) is 2.62. The Kier molecular flexibility index (Phi) is 4.17. The number of anilines is 1. The van der Waals surface area contributed by atoms with Gasteiger partial charge < -0.3 is 14.4 Å². The first kappa shape index (κ1) is 15.3. The highest BCUT2D eigenvalue weighted by molar-refractivity contribution is 5.98. The number of hydrogen-bond donors (Lipinski definition) is 0. The van der Waals surface area contributed by atoms with Gasteiger partial charge in [0.15, 0.2) is 0 Å². The molecule has 0 fully saturated rings. The lowest BCUT2D eigenvalue weighted by molar-refractivity contribution is 0.207. The SMILES string of the molecule is C=C(OC)c1ccc2c(c1)N(CCOC)C(=C)c1cnccc1-2. The minimum Gasteiger partial charge on any atom is -0.497 e. The van der Waals surface area contributed by atoms with E-state index < -0.39 is 0 Å². The van der Waals surface area contributed by atoms with E-state index in [1.54, 1.807) is 14.2 Å². The highest BCUT2D eigenvalue weighted by Crippen LogP contribution is 2.44. The first-order chi connectivity index (χ1) is 11.2. The second kappa shape index (κ2) is 6.26. The van der Waals surface area contributed by atoms with Gasteiger partial charge in [-0.3, -0.25) is 4.98 Å². The maximum absolute atomic E-state index is 5.27. The highest BCUT2D eigenvalue weighted by atomic mass is 16.5. The molecule has 1 aliphatic rings. The fourth-order valence-electron chi connectivity index (χ4n) is 2.86. The molecule has 2 heterocycles. The Hall–Kier alpha value is -2.59. The molecular formula is C19H20N2O2. The second-order valence-electron chi connectivity index (χ2n) is 5.37. The van der Waals surface area contributed by atoms with E-state index in [4.69, 9.17) is 9.47 Å². The lowest BCUT2D eigenvalue weighted by Gasteiger charge is -2.34. The Bertz CT molecular complexity index is 768. The lowest BCUT2D eigenvalue weighted by Crippen LogP contribution is -2.28. The summed E-state index contributed by atoms with van der Waals surface area (Å²) in [5, 5.41) is 0. The van der Waals surface area contributed by atoms with Crippen LogP contribution in [0.2, 0.25) is 0 Å². The van der Waals surface area contributed by atoms with Gasteiger partial charge in [0.1, 0.15) is 5.76 Å². The minimum absolute atomic E-state index is 0.615. The van der Waals surface area contributed by atoms with Gasteiger partial charge in [0.25, 0.3) is 0 Å². The monoisotopic (exact) mass is 308 g/mol. The van der Waals surface area contributed by atoms with Gasteiger partial charge in [-0.15, -0.1) is 0 Å². The van der Waals surface area contributed by atoms with Gasteiger partial charge in [0.2, 0.25) is 0 Å². The molecule has 4 nitrogen and oxygen atoms in total. The summed E-state index contributed by atoms with van der Waals surface area (Å²) in [5.41, 5.74) is 6.31. The van der Waals surface area contributed by atoms with Crippen LogP contribution in [-0.2, 0) is 9.47 Å². The second-order valence-corrected chi connectivity index (χ2v) is 5.37. The molecule has 0 bridgehead atoms. The van der Waals surface area contributed by atoms with Crippen LogP contribution in [0.3, 0.4) is 0 Å². The number of benzene rings is 1. The average molecular weight is 308 g/mol. The summed E-state index contributed by atoms with van der Waals surface area (Å²) in [7, 11) is 3.33. The van der Waals surface area contributed by atoms with Crippen LogP contribution >= 0.6 is 0 Å². The molecule has 23 heavy (non-hydrogen) atoms. The van der Waals surface area contributed by atoms with Crippen molar-refractivity contribution in [2.75, 3.05) is 32.3 Å². The van der Waals surface area contributed by atoms with Crippen LogP contribution in [0.4, 0.5) is 5.69 Å². The smallest absolute Gasteiger partial charge is 0.118 e. The molecule has 0 saturated heterocycles. The summed E-state index contributed by atoms with van der Waals surface area (Å²) >= 11 is 0. The van der Waals surface area contributed by atoms with E-state index >= 15 is 0 Å². The maximum Gasteiger partial charge on any atom is 0.118 e. The summed E-state index contributed by atoms with van der Waals surface area (Å²) in [4.78, 5) is 6.40. The third-order valence-corrected chi connectivity index (χ3v) is 4.12. The average Bonchev–Trinajstić information content (AvgIpc) is 2.60. The molecule has 1 aromatic heterocycles. The van der Waals surface area contributed by atoms with Crippen LogP contribution < -0.4 is 4.90 Å². The predicted octanol–water partition coefficient (Wildman–Crippen LogP) is 3.80. The van der Waals surface area contributed by atoms with E-state index in [0.29, 0.717) is 12.4 Å². The molecule has 2 aromatic rings. The molecule has 1 aliphatic heterocycles. The molecule has 0 amide bonds. The summed E-state index contributed by atoms with van der Waals surface area (Å²) in [6.45, 7) is 9.54. The Balaban J connectivity index is 2.16. The summed E-state index contributed by atoms with van der Waals surface area (Å²) in [6, 6.07) is 8.24. The van der Waals surface area contributed by atoms with Crippen molar-refractivity contribution in [1.29, 1.82) is 0 Å². The van der Waals surface area contributed by atoms with Gasteiger partial charge in [-0.2, -0.15) is 0 Å². The molecule has 1 aromatic carbocycles. The van der Waals surface area contributed by atoms with Gasteiger partial charge in [-0.1, -0.05) is 25.3 Å². The van der Waals surface area contributed by atoms with Crippen molar-refractivity contribution < 1.29 is 9.47 Å². The van der Waals surface area contributed by atoms with Gasteiger partial charge in [0.05, 0.1) is 13.7 Å². The fraction of sp³-hybridized carbons (Fsp3) is 0.211. The molecule has 0 atom stereocenters. The van der Waals surface area contributed by atoms with Crippen molar-refractivity contribution in [2.24, 2.45) is 0 Å². The van der Waals surface area contributed by atoms with Crippen molar-refractivity contribution in [2.45, 2.75) is 0 Å². The van der Waals surface area contributed by atoms with Crippen LogP contribution in [0.1, 0.15) is 11.1 Å². The van der Waals surface area contributed by atoms with Crippen molar-refractivity contribution in [3.63, 3.8) is 0 Å². The maximum atomic E-state index is 5.27. The Morgan fingerprint density at radius 3 is 2.74 bits per heavy atom. The molecule has 0 spiro atoms. The zero-order chi connectivity index (χ0) is 16.4. The van der Waals surface area contributed by atoms with E-state index in [-0.39, 0.29) is 0 Å². The van der Waals surface area contributed by atoms with Crippen molar-refractivity contribution in [1.82, 2.24) is 4.98 Å². The minimum atomic E-state index is 0.615. The molecule has 0 radical (unpaired) electrons. The standard InChI is InChI=1S/C19H20N2O2/c1-13-18-12-20-8-7-16(18)17-6-5-15(14(2)23-4)11-19(17)21(13)9-10-22-3/h5-8,11-12H,1-2,9-10H2,3-4H3. The lowest BCUT2D eigenvalue weighted by atomic mass is 9.91. The first-order valence-electron chi connectivity index (χ1n) is 7.44. The van der Waals surface area contributed by atoms with E-state index in [0.717, 1.165) is 40.2 Å². The van der Waals surface area contributed by atoms with Gasteiger partial charge >= 0.3 is 0 Å². The van der Waals surface area contributed by atoms with Crippen LogP contribution in [-0.4, -0.2) is 32.4 Å². The number of methoxy groups -OCH3 is 2. The van der Waals surface area contributed by atoms with E-state index in [1.165, 1.54) is 0 Å². The topological polar surface area (TPSA) is 34.6 Å². The number of pyridine rings is 1. The zero-order valence-electron chi connectivity index (χ0n) is 13.5. The molecule has 4 heteroatoms. The normalized spacial score (nSPS) is 12.6. The molecule has 0 unspecified atom stereocenters. The number of nitrogens with zero attached hydrogens (tertiary/aromatic N) is 2. The molecule has 0 N–H and O–H groups in total. The summed E-state index contributed by atoms with van der Waals surface area (Å²) < 4.78 is 10.5. The fourth-order valence-corrected chi connectivity index (χ4v) is 2.86. The first-order valence-corrected chi connectivity index (χ1v) is 7.44. The van der Waals surface area contributed by atoms with Crippen molar-refractivity contribution in [3.05, 3.63) is 60.9 Å². The van der Waals surface area contributed by atoms with Gasteiger partial charge in [0, 0.05) is 54.1 Å². The third-order valence-electron chi connectivity index (χ3n) is 4.12.